The van der Waals surface area contributed by atoms with Crippen molar-refractivity contribution in [3.05, 3.63) is 33.9 Å². The summed E-state index contributed by atoms with van der Waals surface area (Å²) in [5.41, 5.74) is 1.26. The molecule has 2 heteroatoms. The minimum atomic E-state index is -1.74. The van der Waals surface area contributed by atoms with E-state index in [9.17, 15) is 0 Å². The summed E-state index contributed by atoms with van der Waals surface area (Å²) in [4.78, 5) is 7.19. The van der Waals surface area contributed by atoms with Gasteiger partial charge in [0.1, 0.15) is 0 Å². The first-order valence-corrected chi connectivity index (χ1v) is 15.1. The van der Waals surface area contributed by atoms with Crippen molar-refractivity contribution < 1.29 is 4.74 Å². The molecule has 0 spiro atoms. The van der Waals surface area contributed by atoms with Crippen molar-refractivity contribution in [1.29, 1.82) is 0 Å². The first kappa shape index (κ1) is 11.6. The summed E-state index contributed by atoms with van der Waals surface area (Å²) >= 11 is -1.74. The van der Waals surface area contributed by atoms with Crippen LogP contribution in [0.4, 0.5) is 0 Å². The van der Waals surface area contributed by atoms with E-state index in [4.69, 9.17) is 4.74 Å². The molecule has 0 bridgehead atoms. The monoisotopic (exact) mass is 298 g/mol. The summed E-state index contributed by atoms with van der Waals surface area (Å²) in [6.07, 6.45) is 2.23. The van der Waals surface area contributed by atoms with Crippen molar-refractivity contribution in [2.45, 2.75) is 14.8 Å². The average molecular weight is 297 g/mol. The normalized spacial score (nSPS) is 12.0. The second kappa shape index (κ2) is 4.87. The summed E-state index contributed by atoms with van der Waals surface area (Å²) in [7, 11) is 1.69. The van der Waals surface area contributed by atoms with Crippen LogP contribution in [0.3, 0.4) is 0 Å². The molecular formula is C12H18OSn. The summed E-state index contributed by atoms with van der Waals surface area (Å²) < 4.78 is 7.52. The second-order valence-corrected chi connectivity index (χ2v) is 18.9. The van der Waals surface area contributed by atoms with Crippen molar-refractivity contribution in [1.82, 2.24) is 0 Å². The molecular weight excluding hydrogens is 279 g/mol. The van der Waals surface area contributed by atoms with Crippen molar-refractivity contribution >= 4 is 24.5 Å². The van der Waals surface area contributed by atoms with Gasteiger partial charge < -0.3 is 0 Å². The zero-order valence-electron chi connectivity index (χ0n) is 9.37. The van der Waals surface area contributed by atoms with E-state index in [0.29, 0.717) is 0 Å². The molecule has 1 aromatic rings. The van der Waals surface area contributed by atoms with Gasteiger partial charge in [-0.2, -0.15) is 0 Å². The van der Waals surface area contributed by atoms with Crippen LogP contribution in [0.1, 0.15) is 5.56 Å². The fourth-order valence-corrected chi connectivity index (χ4v) is 3.04. The van der Waals surface area contributed by atoms with E-state index in [1.54, 1.807) is 7.11 Å². The van der Waals surface area contributed by atoms with Crippen LogP contribution in [-0.2, 0) is 0 Å². The standard InChI is InChI=1S/C9H9O.3CH3.Sn/c1-3-8-4-6-9(10-2)7-5-8;;;;/h1,3-7H,2H3;3*1H3;. The molecule has 0 aliphatic heterocycles. The molecule has 0 N–H and O–H groups in total. The van der Waals surface area contributed by atoms with Gasteiger partial charge in [-0.25, -0.2) is 0 Å². The van der Waals surface area contributed by atoms with Crippen LogP contribution in [0.25, 0.3) is 6.08 Å². The number of methoxy groups -OCH3 is 1. The molecule has 1 rings (SSSR count). The van der Waals surface area contributed by atoms with E-state index in [0.717, 1.165) is 5.75 Å². The molecule has 0 aromatic heterocycles. The van der Waals surface area contributed by atoms with Gasteiger partial charge in [0.15, 0.2) is 0 Å². The van der Waals surface area contributed by atoms with Crippen molar-refractivity contribution in [2.75, 3.05) is 7.11 Å². The molecule has 0 radical (unpaired) electrons. The van der Waals surface area contributed by atoms with Crippen molar-refractivity contribution in [3.8, 4) is 5.75 Å². The molecule has 0 aliphatic carbocycles. The van der Waals surface area contributed by atoms with Crippen LogP contribution in [0.2, 0.25) is 14.8 Å². The third-order valence-electron chi connectivity index (χ3n) is 1.89. The van der Waals surface area contributed by atoms with Crippen molar-refractivity contribution in [2.24, 2.45) is 0 Å². The van der Waals surface area contributed by atoms with Crippen LogP contribution in [-0.4, -0.2) is 25.5 Å². The molecule has 0 saturated carbocycles. The van der Waals surface area contributed by atoms with Gasteiger partial charge in [-0.1, -0.05) is 0 Å². The SMILES string of the molecule is COc1ccc(/C=[CH]/[Sn]([CH3])([CH3])[CH3])cc1. The van der Waals surface area contributed by atoms with E-state index in [1.807, 2.05) is 12.1 Å². The van der Waals surface area contributed by atoms with E-state index in [2.05, 4.69) is 37.1 Å². The van der Waals surface area contributed by atoms with Gasteiger partial charge >= 0.3 is 90.8 Å². The molecule has 76 valence electrons. The zero-order chi connectivity index (χ0) is 10.6. The summed E-state index contributed by atoms with van der Waals surface area (Å²) in [6.45, 7) is 0. The first-order valence-electron chi connectivity index (χ1n) is 4.84. The molecule has 0 aliphatic rings. The Hall–Kier alpha value is -0.441. The number of hydrogen-bond acceptors (Lipinski definition) is 1. The second-order valence-electron chi connectivity index (χ2n) is 4.47. The van der Waals surface area contributed by atoms with Crippen LogP contribution >= 0.6 is 0 Å². The maximum atomic E-state index is 5.10. The summed E-state index contributed by atoms with van der Waals surface area (Å²) in [5, 5.41) is 0. The topological polar surface area (TPSA) is 9.23 Å². The fraction of sp³-hybridized carbons (Fsp3) is 0.333. The Morgan fingerprint density at radius 1 is 1.07 bits per heavy atom. The Kier molecular flexibility index (Phi) is 4.05. The third-order valence-corrected chi connectivity index (χ3v) is 5.22. The quantitative estimate of drug-likeness (QED) is 0.775. The first-order chi connectivity index (χ1) is 6.51. The Labute approximate surface area is 90.7 Å². The molecule has 0 heterocycles. The van der Waals surface area contributed by atoms with Gasteiger partial charge in [-0.3, -0.25) is 0 Å². The fourth-order valence-electron chi connectivity index (χ4n) is 1.06. The van der Waals surface area contributed by atoms with Crippen LogP contribution < -0.4 is 4.74 Å². The van der Waals surface area contributed by atoms with Gasteiger partial charge in [0.25, 0.3) is 0 Å². The van der Waals surface area contributed by atoms with Gasteiger partial charge in [-0.15, -0.1) is 0 Å². The molecule has 0 amide bonds. The van der Waals surface area contributed by atoms with Gasteiger partial charge in [0.05, 0.1) is 0 Å². The number of rotatable bonds is 3. The van der Waals surface area contributed by atoms with E-state index in [-0.39, 0.29) is 0 Å². The Bertz CT molecular complexity index is 306. The van der Waals surface area contributed by atoms with Gasteiger partial charge in [0, 0.05) is 0 Å². The molecule has 14 heavy (non-hydrogen) atoms. The van der Waals surface area contributed by atoms with Gasteiger partial charge in [0.2, 0.25) is 0 Å². The minimum absolute atomic E-state index is 0.918. The third kappa shape index (κ3) is 4.18. The molecule has 0 atom stereocenters. The van der Waals surface area contributed by atoms with E-state index >= 15 is 0 Å². The summed E-state index contributed by atoms with van der Waals surface area (Å²) in [6, 6.07) is 8.18. The average Bonchev–Trinajstić information content (AvgIpc) is 2.14. The van der Waals surface area contributed by atoms with E-state index in [1.165, 1.54) is 5.56 Å². The zero-order valence-corrected chi connectivity index (χ0v) is 12.2. The molecule has 1 aromatic carbocycles. The molecule has 1 nitrogen and oxygen atoms in total. The van der Waals surface area contributed by atoms with Crippen LogP contribution in [0, 0.1) is 0 Å². The Balaban J connectivity index is 2.74. The Morgan fingerprint density at radius 3 is 2.07 bits per heavy atom. The predicted molar refractivity (Wildman–Crippen MR) is 65.4 cm³/mol. The maximum absolute atomic E-state index is 5.10. The molecule has 0 unspecified atom stereocenters. The summed E-state index contributed by atoms with van der Waals surface area (Å²) in [5.74, 6) is 0.918. The van der Waals surface area contributed by atoms with E-state index < -0.39 is 18.4 Å². The van der Waals surface area contributed by atoms with Crippen LogP contribution in [0.5, 0.6) is 5.75 Å². The predicted octanol–water partition coefficient (Wildman–Crippen LogP) is 3.59. The number of ether oxygens (including phenoxy) is 1. The van der Waals surface area contributed by atoms with Gasteiger partial charge in [-0.05, 0) is 0 Å². The molecule has 0 saturated heterocycles. The van der Waals surface area contributed by atoms with Crippen molar-refractivity contribution in [3.63, 3.8) is 0 Å². The number of hydrogen-bond donors (Lipinski definition) is 0. The number of benzene rings is 1. The molecule has 0 fully saturated rings. The van der Waals surface area contributed by atoms with Crippen LogP contribution in [0.15, 0.2) is 28.4 Å². The Morgan fingerprint density at radius 2 is 1.64 bits per heavy atom.